The first-order chi connectivity index (χ1) is 7.88. The molecule has 0 radical (unpaired) electrons. The number of carbonyl (C=O) groups is 2. The molecule has 1 aliphatic rings. The zero-order valence-electron chi connectivity index (χ0n) is 9.99. The van der Waals surface area contributed by atoms with E-state index in [9.17, 15) is 9.59 Å². The molecule has 17 heavy (non-hydrogen) atoms. The number of rotatable bonds is 5. The summed E-state index contributed by atoms with van der Waals surface area (Å²) in [6, 6.07) is 1.24. The number of amides is 2. The minimum atomic E-state index is -1.23. The van der Waals surface area contributed by atoms with Gasteiger partial charge in [-0.05, 0) is 25.2 Å². The largest absolute Gasteiger partial charge is 0.465 e. The molecule has 1 saturated carbocycles. The van der Waals surface area contributed by atoms with Crippen LogP contribution in [0, 0.1) is 17.2 Å². The number of hydrogen-bond acceptors (Lipinski definition) is 3. The number of hydrogen-bond donors (Lipinski definition) is 3. The van der Waals surface area contributed by atoms with Crippen LogP contribution >= 0.6 is 0 Å². The number of nitriles is 1. The summed E-state index contributed by atoms with van der Waals surface area (Å²) in [6.07, 6.45) is 0.458. The zero-order valence-corrected chi connectivity index (χ0v) is 9.99. The third-order valence-corrected chi connectivity index (χ3v) is 2.65. The monoisotopic (exact) mass is 239 g/mol. The van der Waals surface area contributed by atoms with Crippen LogP contribution in [0.2, 0.25) is 0 Å². The molecule has 0 spiro atoms. The lowest BCUT2D eigenvalue weighted by Gasteiger charge is -2.20. The molecule has 1 aliphatic carbocycles. The van der Waals surface area contributed by atoms with Crippen LogP contribution in [-0.4, -0.2) is 28.7 Å². The van der Waals surface area contributed by atoms with Gasteiger partial charge < -0.3 is 15.7 Å². The second-order valence-corrected chi connectivity index (χ2v) is 4.81. The Kier molecular flexibility index (Phi) is 3.94. The van der Waals surface area contributed by atoms with Crippen LogP contribution in [0.3, 0.4) is 0 Å². The van der Waals surface area contributed by atoms with E-state index in [-0.39, 0.29) is 5.92 Å². The molecule has 1 fully saturated rings. The lowest BCUT2D eigenvalue weighted by molar-refractivity contribution is -0.124. The predicted molar refractivity (Wildman–Crippen MR) is 60.1 cm³/mol. The molecule has 3 N–H and O–H groups in total. The summed E-state index contributed by atoms with van der Waals surface area (Å²) < 4.78 is 0. The van der Waals surface area contributed by atoms with Gasteiger partial charge in [-0.15, -0.1) is 0 Å². The van der Waals surface area contributed by atoms with Gasteiger partial charge in [-0.3, -0.25) is 4.79 Å². The summed E-state index contributed by atoms with van der Waals surface area (Å²) in [6.45, 7) is 3.81. The number of nitrogens with zero attached hydrogens (tertiary/aromatic N) is 1. The standard InChI is InChI=1S/C11H17N3O3/c1-7(2)5-8(13-10(16)17)9(15)14-11(6-12)3-4-11/h7-8,13H,3-5H2,1-2H3,(H,14,15)(H,16,17)/t8-/m0/s1. The quantitative estimate of drug-likeness (QED) is 0.661. The van der Waals surface area contributed by atoms with Crippen molar-refractivity contribution in [2.45, 2.75) is 44.7 Å². The summed E-state index contributed by atoms with van der Waals surface area (Å²) in [5, 5.41) is 22.3. The fraction of sp³-hybridized carbons (Fsp3) is 0.727. The lowest BCUT2D eigenvalue weighted by atomic mass is 10.0. The minimum Gasteiger partial charge on any atom is -0.465 e. The highest BCUT2D eigenvalue weighted by Gasteiger charge is 2.45. The van der Waals surface area contributed by atoms with Crippen LogP contribution in [0.15, 0.2) is 0 Å². The Bertz CT molecular complexity index is 355. The maximum atomic E-state index is 11.8. The van der Waals surface area contributed by atoms with Crippen molar-refractivity contribution in [1.29, 1.82) is 5.26 Å². The first-order valence-electron chi connectivity index (χ1n) is 5.61. The van der Waals surface area contributed by atoms with Gasteiger partial charge in [-0.25, -0.2) is 4.79 Å². The molecule has 2 amide bonds. The summed E-state index contributed by atoms with van der Waals surface area (Å²) in [5.74, 6) is -0.227. The second-order valence-electron chi connectivity index (χ2n) is 4.81. The van der Waals surface area contributed by atoms with Crippen LogP contribution < -0.4 is 10.6 Å². The van der Waals surface area contributed by atoms with Gasteiger partial charge in [-0.2, -0.15) is 5.26 Å². The van der Waals surface area contributed by atoms with Crippen LogP contribution in [0.25, 0.3) is 0 Å². The van der Waals surface area contributed by atoms with Crippen molar-refractivity contribution in [2.75, 3.05) is 0 Å². The van der Waals surface area contributed by atoms with Gasteiger partial charge in [0, 0.05) is 0 Å². The topological polar surface area (TPSA) is 102 Å². The van der Waals surface area contributed by atoms with Crippen molar-refractivity contribution < 1.29 is 14.7 Å². The van der Waals surface area contributed by atoms with E-state index >= 15 is 0 Å². The third kappa shape index (κ3) is 3.94. The van der Waals surface area contributed by atoms with E-state index in [2.05, 4.69) is 10.6 Å². The molecule has 6 heteroatoms. The van der Waals surface area contributed by atoms with E-state index in [1.54, 1.807) is 0 Å². The average molecular weight is 239 g/mol. The van der Waals surface area contributed by atoms with Crippen LogP contribution in [0.1, 0.15) is 33.1 Å². The van der Waals surface area contributed by atoms with Gasteiger partial charge in [-0.1, -0.05) is 13.8 Å². The van der Waals surface area contributed by atoms with Gasteiger partial charge in [0.1, 0.15) is 11.6 Å². The van der Waals surface area contributed by atoms with E-state index in [0.717, 1.165) is 0 Å². The molecular formula is C11H17N3O3. The van der Waals surface area contributed by atoms with Gasteiger partial charge in [0.05, 0.1) is 6.07 Å². The van der Waals surface area contributed by atoms with Crippen molar-refractivity contribution >= 4 is 12.0 Å². The fourth-order valence-electron chi connectivity index (χ4n) is 1.56. The van der Waals surface area contributed by atoms with E-state index < -0.39 is 23.6 Å². The predicted octanol–water partition coefficient (Wildman–Crippen LogP) is 0.841. The summed E-state index contributed by atoms with van der Waals surface area (Å²) in [5.41, 5.74) is -0.757. The number of carbonyl (C=O) groups excluding carboxylic acids is 1. The van der Waals surface area contributed by atoms with Crippen molar-refractivity contribution in [2.24, 2.45) is 5.92 Å². The summed E-state index contributed by atoms with van der Waals surface area (Å²) in [4.78, 5) is 22.4. The molecule has 0 aromatic rings. The molecule has 0 aromatic heterocycles. The van der Waals surface area contributed by atoms with Crippen LogP contribution in [-0.2, 0) is 4.79 Å². The highest BCUT2D eigenvalue weighted by atomic mass is 16.4. The Hall–Kier alpha value is -1.77. The van der Waals surface area contributed by atoms with Gasteiger partial charge in [0.15, 0.2) is 0 Å². The van der Waals surface area contributed by atoms with Crippen molar-refractivity contribution in [3.05, 3.63) is 0 Å². The van der Waals surface area contributed by atoms with Gasteiger partial charge in [0.2, 0.25) is 5.91 Å². The third-order valence-electron chi connectivity index (χ3n) is 2.65. The first-order valence-corrected chi connectivity index (χ1v) is 5.61. The summed E-state index contributed by atoms with van der Waals surface area (Å²) >= 11 is 0. The van der Waals surface area contributed by atoms with Gasteiger partial charge >= 0.3 is 6.09 Å². The minimum absolute atomic E-state index is 0.190. The molecule has 0 heterocycles. The highest BCUT2D eigenvalue weighted by Crippen LogP contribution is 2.34. The summed E-state index contributed by atoms with van der Waals surface area (Å²) in [7, 11) is 0. The SMILES string of the molecule is CC(C)C[C@H](NC(=O)O)C(=O)NC1(C#N)CC1. The maximum Gasteiger partial charge on any atom is 0.405 e. The number of carboxylic acid groups (broad SMARTS) is 1. The highest BCUT2D eigenvalue weighted by molar-refractivity contribution is 5.86. The average Bonchev–Trinajstić information content (AvgIpc) is 2.96. The first kappa shape index (κ1) is 13.3. The Morgan fingerprint density at radius 2 is 2.06 bits per heavy atom. The molecule has 6 nitrogen and oxygen atoms in total. The van der Waals surface area contributed by atoms with E-state index in [0.29, 0.717) is 19.3 Å². The zero-order chi connectivity index (χ0) is 13.1. The molecular weight excluding hydrogens is 222 g/mol. The Morgan fingerprint density at radius 3 is 2.41 bits per heavy atom. The molecule has 0 unspecified atom stereocenters. The van der Waals surface area contributed by atoms with E-state index in [1.807, 2.05) is 19.9 Å². The molecule has 0 saturated heterocycles. The van der Waals surface area contributed by atoms with Crippen LogP contribution in [0.4, 0.5) is 4.79 Å². The fourth-order valence-corrected chi connectivity index (χ4v) is 1.56. The molecule has 1 atom stereocenters. The molecule has 0 aliphatic heterocycles. The van der Waals surface area contributed by atoms with Crippen molar-refractivity contribution in [1.82, 2.24) is 10.6 Å². The Labute approximate surface area is 100.0 Å². The molecule has 0 aromatic carbocycles. The van der Waals surface area contributed by atoms with Crippen LogP contribution in [0.5, 0.6) is 0 Å². The van der Waals surface area contributed by atoms with Crippen molar-refractivity contribution in [3.8, 4) is 6.07 Å². The van der Waals surface area contributed by atoms with Gasteiger partial charge in [0.25, 0.3) is 0 Å². The number of nitrogens with one attached hydrogen (secondary N) is 2. The second kappa shape index (κ2) is 5.04. The smallest absolute Gasteiger partial charge is 0.405 e. The molecule has 94 valence electrons. The lowest BCUT2D eigenvalue weighted by Crippen LogP contribution is -2.50. The molecule has 1 rings (SSSR count). The molecule has 0 bridgehead atoms. The Morgan fingerprint density at radius 1 is 1.47 bits per heavy atom. The van der Waals surface area contributed by atoms with E-state index in [1.165, 1.54) is 0 Å². The normalized spacial score (nSPS) is 18.0. The maximum absolute atomic E-state index is 11.8. The van der Waals surface area contributed by atoms with Crippen molar-refractivity contribution in [3.63, 3.8) is 0 Å². The Balaban J connectivity index is 2.59. The van der Waals surface area contributed by atoms with E-state index in [4.69, 9.17) is 10.4 Å².